The third-order valence-corrected chi connectivity index (χ3v) is 17.6. The van der Waals surface area contributed by atoms with E-state index < -0.39 is 5.41 Å². The third kappa shape index (κ3) is 6.04. The average molecular weight is 1040 g/mol. The highest BCUT2D eigenvalue weighted by Crippen LogP contribution is 2.67. The fourth-order valence-corrected chi connectivity index (χ4v) is 14.3. The molecule has 2 aliphatic rings. The van der Waals surface area contributed by atoms with Gasteiger partial charge in [-0.2, -0.15) is 0 Å². The van der Waals surface area contributed by atoms with Crippen LogP contribution >= 0.6 is 0 Å². The lowest BCUT2D eigenvalue weighted by Gasteiger charge is -2.31. The average Bonchev–Trinajstić information content (AvgIpc) is 2.90. The van der Waals surface area contributed by atoms with Crippen molar-refractivity contribution in [2.45, 2.75) is 5.41 Å². The minimum atomic E-state index is -0.658. The molecule has 82 heavy (non-hydrogen) atoms. The molecule has 6 heteroatoms. The van der Waals surface area contributed by atoms with Gasteiger partial charge in [0.05, 0.1) is 44.1 Å². The third-order valence-electron chi connectivity index (χ3n) is 17.6. The van der Waals surface area contributed by atoms with Crippen LogP contribution in [0.5, 0.6) is 0 Å². The molecule has 0 radical (unpaired) electrons. The maximum absolute atomic E-state index is 7.23. The fraction of sp³-hybridized carbons (Fsp3) is 0.0132. The molecule has 4 heterocycles. The van der Waals surface area contributed by atoms with Crippen LogP contribution in [0.15, 0.2) is 277 Å². The molecule has 18 rings (SSSR count). The molecule has 0 N–H and O–H groups in total. The minimum absolute atomic E-state index is 0.526. The maximum atomic E-state index is 7.23. The van der Waals surface area contributed by atoms with Gasteiger partial charge < -0.3 is 13.6 Å². The molecular formula is C76H45N5O. The van der Waals surface area contributed by atoms with Crippen LogP contribution in [0.2, 0.25) is 0 Å². The van der Waals surface area contributed by atoms with Crippen LogP contribution in [0, 0.1) is 0 Å². The largest absolute Gasteiger partial charge is 0.455 e. The summed E-state index contributed by atoms with van der Waals surface area (Å²) in [7, 11) is 0. The number of hydrogen-bond acceptors (Lipinski definition) is 4. The number of furan rings is 1. The molecule has 0 atom stereocenters. The van der Waals surface area contributed by atoms with E-state index in [0.717, 1.165) is 77.5 Å². The van der Waals surface area contributed by atoms with E-state index in [4.69, 9.17) is 19.4 Å². The first-order chi connectivity index (χ1) is 40.7. The van der Waals surface area contributed by atoms with Crippen molar-refractivity contribution in [2.24, 2.45) is 0 Å². The quantitative estimate of drug-likeness (QED) is 0.166. The zero-order chi connectivity index (χ0) is 53.6. The molecule has 12 aromatic carbocycles. The Bertz CT molecular complexity index is 5280. The molecule has 0 saturated carbocycles. The van der Waals surface area contributed by atoms with E-state index in [2.05, 4.69) is 258 Å². The van der Waals surface area contributed by atoms with Crippen LogP contribution in [-0.2, 0) is 5.41 Å². The number of para-hydroxylation sites is 4. The Morgan fingerprint density at radius 3 is 1.46 bits per heavy atom. The number of benzene rings is 12. The van der Waals surface area contributed by atoms with Gasteiger partial charge in [-0.25, -0.2) is 15.0 Å². The summed E-state index contributed by atoms with van der Waals surface area (Å²) in [5.41, 5.74) is 22.5. The second kappa shape index (κ2) is 17.0. The number of hydrogen-bond donors (Lipinski definition) is 0. The zero-order valence-electron chi connectivity index (χ0n) is 44.1. The van der Waals surface area contributed by atoms with Gasteiger partial charge in [0.15, 0.2) is 17.5 Å². The van der Waals surface area contributed by atoms with Crippen molar-refractivity contribution in [2.75, 3.05) is 0 Å². The molecule has 2 aliphatic carbocycles. The molecule has 0 bridgehead atoms. The summed E-state index contributed by atoms with van der Waals surface area (Å²) < 4.78 is 12.3. The van der Waals surface area contributed by atoms with Gasteiger partial charge in [0.25, 0.3) is 0 Å². The summed E-state index contributed by atoms with van der Waals surface area (Å²) >= 11 is 0. The first-order valence-corrected chi connectivity index (χ1v) is 28.0. The standard InChI is InChI=1S/C76H45N5O/c1-4-22-46(23-5-1)47-40-42-49(43-41-47)74-77-73(48-24-6-2-7-25-48)78-75(79-74)57-44-45-63(65-56-33-15-21-39-64(56)82-72(57)65)81-62-38-20-14-32-55(62)68-70-67(54-31-13-19-37-61(54)80(70)50-26-8-3-9-27-50)69-66(71(68)81)53-30-12-18-36-60(53)76(69)58-34-16-10-28-51(58)52-29-11-17-35-59(52)76/h1-45H. The number of fused-ring (bicyclic) bond motifs is 22. The maximum Gasteiger partial charge on any atom is 0.167 e. The Kier molecular flexibility index (Phi) is 9.34. The fourth-order valence-electron chi connectivity index (χ4n) is 14.3. The van der Waals surface area contributed by atoms with E-state index in [1.54, 1.807) is 0 Å². The lowest BCUT2D eigenvalue weighted by molar-refractivity contribution is 0.669. The van der Waals surface area contributed by atoms with Gasteiger partial charge in [-0.3, -0.25) is 0 Å². The van der Waals surface area contributed by atoms with E-state index in [0.29, 0.717) is 23.1 Å². The molecule has 0 saturated heterocycles. The first kappa shape index (κ1) is 45.0. The summed E-state index contributed by atoms with van der Waals surface area (Å²) in [4.78, 5) is 15.9. The van der Waals surface area contributed by atoms with Crippen LogP contribution in [-0.4, -0.2) is 24.1 Å². The van der Waals surface area contributed by atoms with Gasteiger partial charge in [0, 0.05) is 49.3 Å². The van der Waals surface area contributed by atoms with Gasteiger partial charge in [0.2, 0.25) is 0 Å². The molecule has 4 aromatic heterocycles. The van der Waals surface area contributed by atoms with Crippen LogP contribution in [0.4, 0.5) is 0 Å². The number of aromatic nitrogens is 5. The molecule has 6 nitrogen and oxygen atoms in total. The molecule has 16 aromatic rings. The Morgan fingerprint density at radius 1 is 0.317 bits per heavy atom. The highest BCUT2D eigenvalue weighted by molar-refractivity contribution is 6.33. The van der Waals surface area contributed by atoms with Crippen molar-refractivity contribution in [3.63, 3.8) is 0 Å². The van der Waals surface area contributed by atoms with E-state index in [1.165, 1.54) is 66.2 Å². The molecule has 1 spiro atoms. The predicted molar refractivity (Wildman–Crippen MR) is 334 cm³/mol. The van der Waals surface area contributed by atoms with Crippen molar-refractivity contribution >= 4 is 65.6 Å². The lowest BCUT2D eigenvalue weighted by atomic mass is 9.69. The summed E-state index contributed by atoms with van der Waals surface area (Å²) in [6, 6.07) is 98.5. The highest BCUT2D eigenvalue weighted by atomic mass is 16.3. The Hall–Kier alpha value is -11.0. The van der Waals surface area contributed by atoms with Crippen molar-refractivity contribution in [1.82, 2.24) is 24.1 Å². The van der Waals surface area contributed by atoms with Crippen LogP contribution in [0.3, 0.4) is 0 Å². The van der Waals surface area contributed by atoms with Gasteiger partial charge >= 0.3 is 0 Å². The van der Waals surface area contributed by atoms with E-state index in [1.807, 2.05) is 24.3 Å². The summed E-state index contributed by atoms with van der Waals surface area (Å²) in [5, 5.41) is 6.80. The SMILES string of the molecule is c1ccc(-c2ccc(-c3nc(-c4ccccc4)nc(-c4ccc(-n5c6ccccc6c6c5c5c(c7c8ccccc8n(-c8ccccc8)c76)C6(c7ccccc7-c7ccccc76)c6ccccc6-5)c5c4oc4ccccc45)n3)cc2)cc1. The van der Waals surface area contributed by atoms with Crippen molar-refractivity contribution < 1.29 is 4.42 Å². The molecule has 0 amide bonds. The molecule has 380 valence electrons. The summed E-state index contributed by atoms with van der Waals surface area (Å²) in [5.74, 6) is 1.69. The van der Waals surface area contributed by atoms with Gasteiger partial charge in [-0.05, 0) is 92.5 Å². The van der Waals surface area contributed by atoms with Gasteiger partial charge in [0.1, 0.15) is 11.2 Å². The Balaban J connectivity index is 0.995. The predicted octanol–water partition coefficient (Wildman–Crippen LogP) is 19.0. The normalized spacial score (nSPS) is 13.0. The second-order valence-corrected chi connectivity index (χ2v) is 21.7. The van der Waals surface area contributed by atoms with Gasteiger partial charge in [-0.1, -0.05) is 231 Å². The lowest BCUT2D eigenvalue weighted by Crippen LogP contribution is -2.26. The summed E-state index contributed by atoms with van der Waals surface area (Å²) in [6.07, 6.45) is 0. The summed E-state index contributed by atoms with van der Waals surface area (Å²) in [6.45, 7) is 0. The van der Waals surface area contributed by atoms with Crippen LogP contribution < -0.4 is 0 Å². The molecule has 0 unspecified atom stereocenters. The second-order valence-electron chi connectivity index (χ2n) is 21.7. The van der Waals surface area contributed by atoms with Crippen LogP contribution in [0.1, 0.15) is 22.3 Å². The van der Waals surface area contributed by atoms with Crippen molar-refractivity contribution in [3.05, 3.63) is 295 Å². The highest BCUT2D eigenvalue weighted by Gasteiger charge is 2.54. The number of rotatable bonds is 6. The Morgan fingerprint density at radius 2 is 0.793 bits per heavy atom. The Labute approximate surface area is 471 Å². The van der Waals surface area contributed by atoms with E-state index >= 15 is 0 Å². The zero-order valence-corrected chi connectivity index (χ0v) is 44.1. The molecule has 0 aliphatic heterocycles. The van der Waals surface area contributed by atoms with Crippen molar-refractivity contribution in [1.29, 1.82) is 0 Å². The minimum Gasteiger partial charge on any atom is -0.455 e. The first-order valence-electron chi connectivity index (χ1n) is 28.0. The van der Waals surface area contributed by atoms with Crippen LogP contribution in [0.25, 0.3) is 144 Å². The molecule has 0 fully saturated rings. The molecular weight excluding hydrogens is 999 g/mol. The smallest absolute Gasteiger partial charge is 0.167 e. The number of nitrogens with zero attached hydrogens (tertiary/aromatic N) is 5. The van der Waals surface area contributed by atoms with Gasteiger partial charge in [-0.15, -0.1) is 0 Å². The van der Waals surface area contributed by atoms with E-state index in [9.17, 15) is 0 Å². The monoisotopic (exact) mass is 1040 g/mol. The van der Waals surface area contributed by atoms with Crippen molar-refractivity contribution in [3.8, 4) is 78.9 Å². The topological polar surface area (TPSA) is 61.7 Å². The van der Waals surface area contributed by atoms with E-state index in [-0.39, 0.29) is 0 Å².